The summed E-state index contributed by atoms with van der Waals surface area (Å²) < 4.78 is 0. The minimum absolute atomic E-state index is 0.00660. The van der Waals surface area contributed by atoms with Crippen molar-refractivity contribution >= 4 is 52.1 Å². The third-order valence-corrected chi connectivity index (χ3v) is 7.42. The van der Waals surface area contributed by atoms with Gasteiger partial charge in [-0.25, -0.2) is 0 Å². The van der Waals surface area contributed by atoms with Crippen molar-refractivity contribution in [2.75, 3.05) is 0 Å². The smallest absolute Gasteiger partial charge is 0.303 e. The standard InChI is InChI=1S/C33H46N6O8/c1-6-27(40)19(4)36-32(46)25(16-22-12-9-11-21-10-7-8-13-23(21)22)39-31(45)24(14-15-29(42)43)37-33(47)26(17-28(34)41)38-30(44)20(5)35-18(2)3/h7-13,18-20,24-26,35H,6,14-17H2,1-5H3,(H2,34,41)(H,36,46)(H,37,47)(H,38,44)(H,39,45)(H,42,43)/t19-,20-,24+,25+,26+/m1/s1. The number of nitrogens with two attached hydrogens (primary N) is 1. The molecule has 14 nitrogen and oxygen atoms in total. The van der Waals surface area contributed by atoms with Crippen molar-refractivity contribution in [3.63, 3.8) is 0 Å². The van der Waals surface area contributed by atoms with Gasteiger partial charge in [-0.05, 0) is 36.6 Å². The Morgan fingerprint density at radius 3 is 1.91 bits per heavy atom. The van der Waals surface area contributed by atoms with E-state index in [1.165, 1.54) is 6.92 Å². The van der Waals surface area contributed by atoms with Crippen LogP contribution in [0.4, 0.5) is 0 Å². The van der Waals surface area contributed by atoms with E-state index in [0.717, 1.165) is 16.3 Å². The SMILES string of the molecule is CCC(=O)[C@@H](C)NC(=O)[C@H](Cc1cccc2ccccc12)NC(=O)[C@H](CCC(=O)O)NC(=O)[C@H](CC(N)=O)NC(=O)[C@@H](C)NC(C)C. The Bertz CT molecular complexity index is 1460. The first-order valence-corrected chi connectivity index (χ1v) is 15.6. The van der Waals surface area contributed by atoms with Crippen LogP contribution in [0.5, 0.6) is 0 Å². The minimum Gasteiger partial charge on any atom is -0.481 e. The number of carboxylic acids is 1. The van der Waals surface area contributed by atoms with Gasteiger partial charge >= 0.3 is 5.97 Å². The van der Waals surface area contributed by atoms with Crippen LogP contribution in [0.2, 0.25) is 0 Å². The highest BCUT2D eigenvalue weighted by molar-refractivity contribution is 5.98. The summed E-state index contributed by atoms with van der Waals surface area (Å²) in [7, 11) is 0. The van der Waals surface area contributed by atoms with Crippen molar-refractivity contribution in [2.24, 2.45) is 5.73 Å². The second kappa shape index (κ2) is 18.3. The Hall–Kier alpha value is -4.85. The molecule has 5 atom stereocenters. The van der Waals surface area contributed by atoms with E-state index in [9.17, 15) is 38.7 Å². The predicted molar refractivity (Wildman–Crippen MR) is 175 cm³/mol. The number of nitrogens with one attached hydrogen (secondary N) is 5. The number of carbonyl (C=O) groups excluding carboxylic acids is 6. The number of primary amides is 1. The van der Waals surface area contributed by atoms with Gasteiger partial charge in [-0.2, -0.15) is 0 Å². The molecule has 0 unspecified atom stereocenters. The Kier molecular flexibility index (Phi) is 15.0. The van der Waals surface area contributed by atoms with Crippen molar-refractivity contribution in [3.05, 3.63) is 48.0 Å². The first-order chi connectivity index (χ1) is 22.1. The van der Waals surface area contributed by atoms with Gasteiger partial charge in [0, 0.05) is 25.3 Å². The van der Waals surface area contributed by atoms with Crippen LogP contribution in [-0.2, 0) is 40.0 Å². The van der Waals surface area contributed by atoms with Crippen LogP contribution in [0.15, 0.2) is 42.5 Å². The van der Waals surface area contributed by atoms with Gasteiger partial charge in [0.15, 0.2) is 5.78 Å². The molecule has 0 heterocycles. The Labute approximate surface area is 274 Å². The van der Waals surface area contributed by atoms with Crippen LogP contribution in [0.25, 0.3) is 10.8 Å². The first-order valence-electron chi connectivity index (χ1n) is 15.6. The number of hydrogen-bond donors (Lipinski definition) is 7. The van der Waals surface area contributed by atoms with E-state index >= 15 is 0 Å². The number of Topliss-reactive ketones (excluding diaryl/α,β-unsaturated/α-hetero) is 1. The molecule has 0 spiro atoms. The normalized spacial score (nSPS) is 14.3. The second-order valence-electron chi connectivity index (χ2n) is 11.7. The lowest BCUT2D eigenvalue weighted by molar-refractivity contribution is -0.138. The molecule has 0 bridgehead atoms. The highest BCUT2D eigenvalue weighted by Gasteiger charge is 2.32. The molecule has 0 saturated heterocycles. The first kappa shape index (κ1) is 38.3. The van der Waals surface area contributed by atoms with Crippen molar-refractivity contribution in [3.8, 4) is 0 Å². The zero-order chi connectivity index (χ0) is 35.3. The Morgan fingerprint density at radius 2 is 1.30 bits per heavy atom. The molecule has 2 rings (SSSR count). The topological polar surface area (TPSA) is 226 Å². The van der Waals surface area contributed by atoms with Crippen molar-refractivity contribution in [1.29, 1.82) is 0 Å². The van der Waals surface area contributed by atoms with E-state index < -0.39 is 78.6 Å². The quantitative estimate of drug-likeness (QED) is 0.111. The Morgan fingerprint density at radius 1 is 0.723 bits per heavy atom. The van der Waals surface area contributed by atoms with Gasteiger partial charge < -0.3 is 37.4 Å². The fraction of sp³-hybridized carbons (Fsp3) is 0.485. The molecular formula is C33H46N6O8. The summed E-state index contributed by atoms with van der Waals surface area (Å²) in [5.41, 5.74) is 6.04. The number of fused-ring (bicyclic) bond motifs is 1. The lowest BCUT2D eigenvalue weighted by Gasteiger charge is -2.26. The van der Waals surface area contributed by atoms with Gasteiger partial charge in [0.1, 0.15) is 18.1 Å². The van der Waals surface area contributed by atoms with Crippen LogP contribution < -0.4 is 32.3 Å². The highest BCUT2D eigenvalue weighted by Crippen LogP contribution is 2.20. The molecule has 14 heteroatoms. The summed E-state index contributed by atoms with van der Waals surface area (Å²) in [6, 6.07) is 7.14. The predicted octanol–water partition coefficient (Wildman–Crippen LogP) is 0.447. The molecule has 0 fully saturated rings. The monoisotopic (exact) mass is 654 g/mol. The van der Waals surface area contributed by atoms with Gasteiger partial charge in [-0.15, -0.1) is 0 Å². The molecule has 0 radical (unpaired) electrons. The number of amides is 5. The van der Waals surface area contributed by atoms with Crippen LogP contribution >= 0.6 is 0 Å². The van der Waals surface area contributed by atoms with E-state index in [1.54, 1.807) is 26.0 Å². The van der Waals surface area contributed by atoms with Gasteiger partial charge in [-0.3, -0.25) is 33.6 Å². The summed E-state index contributed by atoms with van der Waals surface area (Å²) in [5.74, 6) is -5.46. The molecule has 0 aliphatic heterocycles. The van der Waals surface area contributed by atoms with Crippen LogP contribution in [-0.4, -0.2) is 82.6 Å². The fourth-order valence-electron chi connectivity index (χ4n) is 4.96. The van der Waals surface area contributed by atoms with E-state index in [0.29, 0.717) is 0 Å². The number of carbonyl (C=O) groups is 7. The fourth-order valence-corrected chi connectivity index (χ4v) is 4.96. The number of aliphatic carboxylic acids is 1. The van der Waals surface area contributed by atoms with E-state index in [4.69, 9.17) is 5.73 Å². The van der Waals surface area contributed by atoms with Crippen LogP contribution in [0, 0.1) is 0 Å². The van der Waals surface area contributed by atoms with Gasteiger partial charge in [0.2, 0.25) is 29.5 Å². The maximum atomic E-state index is 13.7. The zero-order valence-corrected chi connectivity index (χ0v) is 27.4. The molecule has 0 aromatic heterocycles. The third-order valence-electron chi connectivity index (χ3n) is 7.42. The van der Waals surface area contributed by atoms with Gasteiger partial charge in [-0.1, -0.05) is 63.2 Å². The summed E-state index contributed by atoms with van der Waals surface area (Å²) in [5, 5.41) is 24.2. The minimum atomic E-state index is -1.48. The third kappa shape index (κ3) is 12.5. The molecule has 47 heavy (non-hydrogen) atoms. The molecular weight excluding hydrogens is 608 g/mol. The van der Waals surface area contributed by atoms with Gasteiger partial charge in [0.25, 0.3) is 0 Å². The summed E-state index contributed by atoms with van der Waals surface area (Å²) in [6.45, 7) is 8.39. The lowest BCUT2D eigenvalue weighted by Crippen LogP contribution is -2.59. The summed E-state index contributed by atoms with van der Waals surface area (Å²) in [4.78, 5) is 88.7. The van der Waals surface area contributed by atoms with Crippen molar-refractivity contribution in [2.45, 2.75) is 103 Å². The molecule has 256 valence electrons. The molecule has 0 aliphatic rings. The van der Waals surface area contributed by atoms with Gasteiger partial charge in [0.05, 0.1) is 18.5 Å². The lowest BCUT2D eigenvalue weighted by atomic mass is 9.97. The van der Waals surface area contributed by atoms with Crippen LogP contribution in [0.3, 0.4) is 0 Å². The Balaban J connectivity index is 2.38. The average molecular weight is 655 g/mol. The number of hydrogen-bond acceptors (Lipinski definition) is 8. The molecule has 2 aromatic rings. The molecule has 2 aromatic carbocycles. The van der Waals surface area contributed by atoms with E-state index in [-0.39, 0.29) is 31.1 Å². The molecule has 0 saturated carbocycles. The molecule has 8 N–H and O–H groups in total. The van der Waals surface area contributed by atoms with Crippen molar-refractivity contribution < 1.29 is 38.7 Å². The highest BCUT2D eigenvalue weighted by atomic mass is 16.4. The number of carboxylic acid groups (broad SMARTS) is 1. The van der Waals surface area contributed by atoms with E-state index in [2.05, 4.69) is 26.6 Å². The van der Waals surface area contributed by atoms with Crippen LogP contribution in [0.1, 0.15) is 65.9 Å². The average Bonchev–Trinajstić information content (AvgIpc) is 3.01. The maximum absolute atomic E-state index is 13.7. The number of rotatable bonds is 19. The summed E-state index contributed by atoms with van der Waals surface area (Å²) >= 11 is 0. The summed E-state index contributed by atoms with van der Waals surface area (Å²) in [6.07, 6.45) is -1.30. The van der Waals surface area contributed by atoms with E-state index in [1.807, 2.05) is 44.2 Å². The maximum Gasteiger partial charge on any atom is 0.303 e. The molecule has 0 aliphatic carbocycles. The number of ketones is 1. The second-order valence-corrected chi connectivity index (χ2v) is 11.7. The number of benzene rings is 2. The van der Waals surface area contributed by atoms with Crippen molar-refractivity contribution in [1.82, 2.24) is 26.6 Å². The zero-order valence-electron chi connectivity index (χ0n) is 27.4. The molecule has 5 amide bonds. The largest absolute Gasteiger partial charge is 0.481 e.